The Hall–Kier alpha value is -5.28. The van der Waals surface area contributed by atoms with Crippen LogP contribution in [0, 0.1) is 0 Å². The number of fused-ring (bicyclic) bond motifs is 9. The highest BCUT2D eigenvalue weighted by molar-refractivity contribution is 6.09. The van der Waals surface area contributed by atoms with Crippen molar-refractivity contribution >= 4 is 60.9 Å². The van der Waals surface area contributed by atoms with Crippen molar-refractivity contribution in [2.24, 2.45) is 0 Å². The Morgan fingerprint density at radius 3 is 1.92 bits per heavy atom. The number of anilines is 3. The summed E-state index contributed by atoms with van der Waals surface area (Å²) in [5.74, 6) is 0. The van der Waals surface area contributed by atoms with Gasteiger partial charge < -0.3 is 13.7 Å². The third kappa shape index (κ3) is 4.56. The summed E-state index contributed by atoms with van der Waals surface area (Å²) >= 11 is 0. The summed E-state index contributed by atoms with van der Waals surface area (Å²) in [5, 5.41) is 4.54. The molecule has 0 fully saturated rings. The zero-order valence-corrected chi connectivity index (χ0v) is 30.2. The van der Waals surface area contributed by atoms with Crippen molar-refractivity contribution in [3.63, 3.8) is 0 Å². The summed E-state index contributed by atoms with van der Waals surface area (Å²) < 4.78 is 13.1. The number of hydrogen-bond donors (Lipinski definition) is 0. The van der Waals surface area contributed by atoms with Gasteiger partial charge in [-0.1, -0.05) is 110 Å². The van der Waals surface area contributed by atoms with Gasteiger partial charge in [0.15, 0.2) is 0 Å². The van der Waals surface area contributed by atoms with E-state index in [1.54, 1.807) is 0 Å². The average Bonchev–Trinajstić information content (AvgIpc) is 3.71. The maximum Gasteiger partial charge on any atom is 0.139 e. The molecule has 1 aliphatic carbocycles. The van der Waals surface area contributed by atoms with Gasteiger partial charge in [-0.3, -0.25) is 0 Å². The highest BCUT2D eigenvalue weighted by atomic mass is 16.3. The molecular formula is C47H43NO2. The molecule has 0 saturated heterocycles. The van der Waals surface area contributed by atoms with Gasteiger partial charge in [-0.25, -0.2) is 0 Å². The number of benzene rings is 6. The first-order valence-electron chi connectivity index (χ1n) is 17.8. The zero-order chi connectivity index (χ0) is 34.7. The lowest BCUT2D eigenvalue weighted by Gasteiger charge is -2.28. The summed E-state index contributed by atoms with van der Waals surface area (Å²) in [6.45, 7) is 18.4. The highest BCUT2D eigenvalue weighted by Crippen LogP contribution is 2.51. The van der Waals surface area contributed by atoms with Crippen molar-refractivity contribution in [3.05, 3.63) is 138 Å². The monoisotopic (exact) mass is 653 g/mol. The number of rotatable bonds is 3. The smallest absolute Gasteiger partial charge is 0.139 e. The van der Waals surface area contributed by atoms with Crippen LogP contribution < -0.4 is 4.90 Å². The first kappa shape index (κ1) is 30.8. The normalized spacial score (nSPS) is 14.2. The van der Waals surface area contributed by atoms with Gasteiger partial charge in [0.25, 0.3) is 0 Å². The minimum absolute atomic E-state index is 0.0193. The minimum Gasteiger partial charge on any atom is -0.456 e. The van der Waals surface area contributed by atoms with Crippen LogP contribution in [0.1, 0.15) is 77.6 Å². The van der Waals surface area contributed by atoms with E-state index in [9.17, 15) is 0 Å². The minimum atomic E-state index is -0.116. The van der Waals surface area contributed by atoms with Crippen LogP contribution in [0.15, 0.2) is 124 Å². The van der Waals surface area contributed by atoms with Gasteiger partial charge in [0, 0.05) is 55.7 Å². The molecule has 8 aromatic rings. The van der Waals surface area contributed by atoms with Crippen molar-refractivity contribution in [1.29, 1.82) is 0 Å². The lowest BCUT2D eigenvalue weighted by molar-refractivity contribution is 0.559. The van der Waals surface area contributed by atoms with Crippen LogP contribution in [0.5, 0.6) is 0 Å². The third-order valence-corrected chi connectivity index (χ3v) is 10.9. The van der Waals surface area contributed by atoms with E-state index in [0.717, 1.165) is 55.6 Å². The third-order valence-electron chi connectivity index (χ3n) is 10.9. The fourth-order valence-electron chi connectivity index (χ4n) is 8.13. The van der Waals surface area contributed by atoms with Crippen LogP contribution >= 0.6 is 0 Å². The Labute approximate surface area is 294 Å². The lowest BCUT2D eigenvalue weighted by atomic mass is 9.79. The van der Waals surface area contributed by atoms with Crippen LogP contribution in [-0.2, 0) is 16.2 Å². The molecule has 3 nitrogen and oxygen atoms in total. The SMILES string of the molecule is CC(C)(C)c1cc(C(C)(C)C)c2oc3cc(N(c4ccc5c(c4)C(C)(C)c4ccccc4-5)c4ccc5oc6ccccc6c5c4)ccc3c2c1. The molecule has 0 saturated carbocycles. The number of hydrogen-bond acceptors (Lipinski definition) is 3. The Morgan fingerprint density at radius 2 is 1.12 bits per heavy atom. The summed E-state index contributed by atoms with van der Waals surface area (Å²) in [7, 11) is 0. The van der Waals surface area contributed by atoms with Gasteiger partial charge in [-0.2, -0.15) is 0 Å². The largest absolute Gasteiger partial charge is 0.456 e. The molecular weight excluding hydrogens is 611 g/mol. The fraction of sp³-hybridized carbons (Fsp3) is 0.234. The van der Waals surface area contributed by atoms with Gasteiger partial charge in [0.2, 0.25) is 0 Å². The molecule has 1 aliphatic rings. The van der Waals surface area contributed by atoms with Crippen molar-refractivity contribution < 1.29 is 8.83 Å². The van der Waals surface area contributed by atoms with Crippen LogP contribution in [-0.4, -0.2) is 0 Å². The van der Waals surface area contributed by atoms with E-state index < -0.39 is 0 Å². The molecule has 2 aromatic heterocycles. The predicted molar refractivity (Wildman–Crippen MR) is 211 cm³/mol. The first-order chi connectivity index (χ1) is 23.8. The molecule has 0 aliphatic heterocycles. The molecule has 9 rings (SSSR count). The highest BCUT2D eigenvalue weighted by Gasteiger charge is 2.36. The first-order valence-corrected chi connectivity index (χ1v) is 17.8. The molecule has 0 unspecified atom stereocenters. The molecule has 0 radical (unpaired) electrons. The van der Waals surface area contributed by atoms with E-state index in [2.05, 4.69) is 163 Å². The average molecular weight is 654 g/mol. The van der Waals surface area contributed by atoms with E-state index in [0.29, 0.717) is 0 Å². The van der Waals surface area contributed by atoms with E-state index in [1.165, 1.54) is 38.8 Å². The topological polar surface area (TPSA) is 29.5 Å². The van der Waals surface area contributed by atoms with Crippen LogP contribution in [0.2, 0.25) is 0 Å². The molecule has 0 amide bonds. The molecule has 248 valence electrons. The Kier molecular flexibility index (Phi) is 6.38. The quantitative estimate of drug-likeness (QED) is 0.190. The summed E-state index contributed by atoms with van der Waals surface area (Å²) in [4.78, 5) is 2.37. The number of para-hydroxylation sites is 1. The summed E-state index contributed by atoms with van der Waals surface area (Å²) in [6.07, 6.45) is 0. The van der Waals surface area contributed by atoms with Crippen molar-refractivity contribution in [1.82, 2.24) is 0 Å². The van der Waals surface area contributed by atoms with Gasteiger partial charge in [-0.15, -0.1) is 0 Å². The Morgan fingerprint density at radius 1 is 0.480 bits per heavy atom. The maximum absolute atomic E-state index is 6.86. The van der Waals surface area contributed by atoms with Crippen molar-refractivity contribution in [3.8, 4) is 11.1 Å². The second kappa shape index (κ2) is 10.4. The zero-order valence-electron chi connectivity index (χ0n) is 30.2. The molecule has 50 heavy (non-hydrogen) atoms. The molecule has 3 heteroatoms. The number of nitrogens with zero attached hydrogens (tertiary/aromatic N) is 1. The van der Waals surface area contributed by atoms with E-state index in [1.807, 2.05) is 12.1 Å². The fourth-order valence-corrected chi connectivity index (χ4v) is 8.13. The van der Waals surface area contributed by atoms with Gasteiger partial charge >= 0.3 is 0 Å². The maximum atomic E-state index is 6.86. The van der Waals surface area contributed by atoms with Crippen LogP contribution in [0.3, 0.4) is 0 Å². The van der Waals surface area contributed by atoms with Crippen molar-refractivity contribution in [2.75, 3.05) is 4.90 Å². The molecule has 0 bridgehead atoms. The van der Waals surface area contributed by atoms with Crippen LogP contribution in [0.25, 0.3) is 55.0 Å². The van der Waals surface area contributed by atoms with Gasteiger partial charge in [0.1, 0.15) is 22.3 Å². The second-order valence-electron chi connectivity index (χ2n) is 16.7. The molecule has 0 spiro atoms. The Balaban J connectivity index is 1.28. The molecule has 6 aromatic carbocycles. The van der Waals surface area contributed by atoms with Gasteiger partial charge in [0.05, 0.1) is 0 Å². The Bertz CT molecular complexity index is 2650. The molecule has 0 atom stereocenters. The van der Waals surface area contributed by atoms with Crippen molar-refractivity contribution in [2.45, 2.75) is 71.6 Å². The predicted octanol–water partition coefficient (Wildman–Crippen LogP) is 13.9. The summed E-state index contributed by atoms with van der Waals surface area (Å²) in [5.41, 5.74) is 14.6. The van der Waals surface area contributed by atoms with E-state index >= 15 is 0 Å². The van der Waals surface area contributed by atoms with Gasteiger partial charge in [-0.05, 0) is 93.2 Å². The van der Waals surface area contributed by atoms with E-state index in [4.69, 9.17) is 8.83 Å². The molecule has 0 N–H and O–H groups in total. The van der Waals surface area contributed by atoms with Crippen LogP contribution in [0.4, 0.5) is 17.1 Å². The standard InChI is InChI=1S/C47H43NO2/c1-45(2,3)28-23-37-35-21-18-31(27-43(35)50-44(37)40(24-28)46(4,5)6)48(29-19-22-42-36(25-29)34-14-10-12-16-41(34)49-42)30-17-20-33-32-13-9-11-15-38(32)47(7,8)39(33)26-30/h9-27H,1-8H3. The van der Waals surface area contributed by atoms with E-state index in [-0.39, 0.29) is 16.2 Å². The number of furan rings is 2. The second-order valence-corrected chi connectivity index (χ2v) is 16.7. The summed E-state index contributed by atoms with van der Waals surface area (Å²) in [6, 6.07) is 42.1. The molecule has 2 heterocycles. The lowest BCUT2D eigenvalue weighted by Crippen LogP contribution is -2.16.